The van der Waals surface area contributed by atoms with Crippen molar-refractivity contribution in [1.29, 1.82) is 0 Å². The molecule has 0 amide bonds. The van der Waals surface area contributed by atoms with Crippen molar-refractivity contribution in [2.75, 3.05) is 13.1 Å². The second kappa shape index (κ2) is 4.59. The first-order valence-corrected chi connectivity index (χ1v) is 6.75. The van der Waals surface area contributed by atoms with Gasteiger partial charge in [0, 0.05) is 24.7 Å². The molecule has 5 heteroatoms. The number of hydrogen-bond donors (Lipinski definition) is 0. The molecule has 0 radical (unpaired) electrons. The van der Waals surface area contributed by atoms with Gasteiger partial charge in [0.1, 0.15) is 10.7 Å². The summed E-state index contributed by atoms with van der Waals surface area (Å²) in [6, 6.07) is 8.00. The monoisotopic (exact) mass is 314 g/mol. The van der Waals surface area contributed by atoms with Gasteiger partial charge in [-0.05, 0) is 33.6 Å². The third kappa shape index (κ3) is 2.34. The van der Waals surface area contributed by atoms with E-state index in [9.17, 15) is 0 Å². The summed E-state index contributed by atoms with van der Waals surface area (Å²) in [7, 11) is 0. The summed E-state index contributed by atoms with van der Waals surface area (Å²) in [6.45, 7) is 2.87. The molecular formula is C12H12BrClN2O. The Bertz CT molecular complexity index is 448. The van der Waals surface area contributed by atoms with Gasteiger partial charge in [-0.2, -0.15) is 0 Å². The van der Waals surface area contributed by atoms with Gasteiger partial charge < -0.3 is 4.84 Å². The van der Waals surface area contributed by atoms with Crippen LogP contribution in [0, 0.1) is 5.92 Å². The maximum atomic E-state index is 5.87. The van der Waals surface area contributed by atoms with E-state index in [1.54, 1.807) is 0 Å². The molecule has 2 heterocycles. The van der Waals surface area contributed by atoms with E-state index in [-0.39, 0.29) is 6.10 Å². The van der Waals surface area contributed by atoms with Gasteiger partial charge in [0.15, 0.2) is 0 Å². The third-order valence-electron chi connectivity index (χ3n) is 3.24. The van der Waals surface area contributed by atoms with E-state index in [1.165, 1.54) is 5.56 Å². The summed E-state index contributed by atoms with van der Waals surface area (Å²) >= 11 is 9.32. The Morgan fingerprint density at radius 1 is 1.35 bits per heavy atom. The van der Waals surface area contributed by atoms with Crippen molar-refractivity contribution in [3.63, 3.8) is 0 Å². The van der Waals surface area contributed by atoms with Gasteiger partial charge in [0.2, 0.25) is 0 Å². The molecule has 1 aromatic carbocycles. The molecule has 0 N–H and O–H groups in total. The molecule has 90 valence electrons. The van der Waals surface area contributed by atoms with Crippen LogP contribution in [0.15, 0.2) is 29.4 Å². The molecular weight excluding hydrogens is 304 g/mol. The van der Waals surface area contributed by atoms with Crippen molar-refractivity contribution in [3.05, 3.63) is 34.9 Å². The minimum Gasteiger partial charge on any atom is -0.390 e. The quantitative estimate of drug-likeness (QED) is 0.838. The molecule has 1 aromatic rings. The Labute approximate surface area is 114 Å². The Kier molecular flexibility index (Phi) is 3.11. The van der Waals surface area contributed by atoms with Crippen LogP contribution in [0.4, 0.5) is 0 Å². The highest BCUT2D eigenvalue weighted by Crippen LogP contribution is 2.30. The zero-order valence-corrected chi connectivity index (χ0v) is 11.5. The highest BCUT2D eigenvalue weighted by Gasteiger charge is 2.41. The fraction of sp³-hybridized carbons (Fsp3) is 0.417. The zero-order valence-electron chi connectivity index (χ0n) is 9.14. The Morgan fingerprint density at radius 3 is 2.82 bits per heavy atom. The van der Waals surface area contributed by atoms with Crippen molar-refractivity contribution < 1.29 is 4.84 Å². The molecule has 3 nitrogen and oxygen atoms in total. The van der Waals surface area contributed by atoms with Gasteiger partial charge in [-0.3, -0.25) is 4.90 Å². The van der Waals surface area contributed by atoms with Crippen LogP contribution in [-0.4, -0.2) is 28.7 Å². The van der Waals surface area contributed by atoms with Crippen molar-refractivity contribution >= 4 is 32.2 Å². The normalized spacial score (nSPS) is 27.8. The molecule has 2 aliphatic heterocycles. The first kappa shape index (κ1) is 11.5. The van der Waals surface area contributed by atoms with Crippen LogP contribution in [0.2, 0.25) is 5.02 Å². The van der Waals surface area contributed by atoms with Gasteiger partial charge in [-0.1, -0.05) is 28.9 Å². The van der Waals surface area contributed by atoms with Crippen molar-refractivity contribution in [2.24, 2.45) is 11.1 Å². The zero-order chi connectivity index (χ0) is 11.8. The Balaban J connectivity index is 1.64. The van der Waals surface area contributed by atoms with E-state index in [2.05, 4.69) is 38.1 Å². The smallest absolute Gasteiger partial charge is 0.150 e. The lowest BCUT2D eigenvalue weighted by atomic mass is 10.1. The fourth-order valence-electron chi connectivity index (χ4n) is 2.35. The number of halogens is 2. The molecule has 0 saturated carbocycles. The van der Waals surface area contributed by atoms with Crippen LogP contribution in [0.5, 0.6) is 0 Å². The maximum absolute atomic E-state index is 5.87. The van der Waals surface area contributed by atoms with E-state index in [0.29, 0.717) is 5.92 Å². The van der Waals surface area contributed by atoms with Crippen LogP contribution in [0.3, 0.4) is 0 Å². The number of rotatable bonds is 2. The van der Waals surface area contributed by atoms with Crippen LogP contribution < -0.4 is 0 Å². The predicted octanol–water partition coefficient (Wildman–Crippen LogP) is 2.88. The number of nitrogens with zero attached hydrogens (tertiary/aromatic N) is 2. The van der Waals surface area contributed by atoms with Crippen LogP contribution in [0.1, 0.15) is 5.56 Å². The molecule has 1 fully saturated rings. The second-order valence-corrected chi connectivity index (χ2v) is 5.73. The molecule has 0 spiro atoms. The van der Waals surface area contributed by atoms with Crippen LogP contribution in [0.25, 0.3) is 0 Å². The third-order valence-corrected chi connectivity index (χ3v) is 4.23. The second-order valence-electron chi connectivity index (χ2n) is 4.48. The highest BCUT2D eigenvalue weighted by molar-refractivity contribution is 9.18. The van der Waals surface area contributed by atoms with E-state index in [4.69, 9.17) is 16.4 Å². The summed E-state index contributed by atoms with van der Waals surface area (Å²) in [6.07, 6.45) is 0.219. The highest BCUT2D eigenvalue weighted by atomic mass is 79.9. The van der Waals surface area contributed by atoms with Gasteiger partial charge in [-0.15, -0.1) is 0 Å². The van der Waals surface area contributed by atoms with E-state index in [1.807, 2.05) is 12.1 Å². The van der Waals surface area contributed by atoms with Crippen LogP contribution in [-0.2, 0) is 11.4 Å². The Hall–Kier alpha value is -0.580. The lowest BCUT2D eigenvalue weighted by Gasteiger charge is -2.15. The summed E-state index contributed by atoms with van der Waals surface area (Å²) in [5, 5.41) is 4.75. The standard InChI is InChI=1S/C12H12BrClN2O/c13-12-10-6-16(7-11(10)17-15-12)5-8-1-3-9(14)4-2-8/h1-4,10-11H,5-7H2/t10-,11+/m1/s1. The lowest BCUT2D eigenvalue weighted by Crippen LogP contribution is -2.22. The number of fused-ring (bicyclic) bond motifs is 1. The number of hydrogen-bond acceptors (Lipinski definition) is 3. The number of benzene rings is 1. The average Bonchev–Trinajstić information content (AvgIpc) is 2.85. The first-order chi connectivity index (χ1) is 8.22. The fourth-order valence-corrected chi connectivity index (χ4v) is 3.00. The van der Waals surface area contributed by atoms with Gasteiger partial charge in [-0.25, -0.2) is 0 Å². The topological polar surface area (TPSA) is 24.8 Å². The molecule has 2 atom stereocenters. The molecule has 17 heavy (non-hydrogen) atoms. The van der Waals surface area contributed by atoms with E-state index < -0.39 is 0 Å². The van der Waals surface area contributed by atoms with Gasteiger partial charge in [0.05, 0.1) is 5.92 Å². The minimum atomic E-state index is 0.219. The number of oxime groups is 1. The molecule has 1 saturated heterocycles. The largest absolute Gasteiger partial charge is 0.390 e. The SMILES string of the molecule is Clc1ccc(CN2C[C@@H]3ON=C(Br)[C@@H]3C2)cc1. The first-order valence-electron chi connectivity index (χ1n) is 5.58. The van der Waals surface area contributed by atoms with Crippen molar-refractivity contribution in [3.8, 4) is 0 Å². The maximum Gasteiger partial charge on any atom is 0.150 e. The van der Waals surface area contributed by atoms with E-state index in [0.717, 1.165) is 29.3 Å². The van der Waals surface area contributed by atoms with Gasteiger partial charge in [0.25, 0.3) is 0 Å². The van der Waals surface area contributed by atoms with Crippen molar-refractivity contribution in [2.45, 2.75) is 12.6 Å². The van der Waals surface area contributed by atoms with Crippen molar-refractivity contribution in [1.82, 2.24) is 4.90 Å². The summed E-state index contributed by atoms with van der Waals surface area (Å²) in [5.74, 6) is 0.405. The predicted molar refractivity (Wildman–Crippen MR) is 71.5 cm³/mol. The molecule has 0 bridgehead atoms. The molecule has 0 unspecified atom stereocenters. The molecule has 2 aliphatic rings. The molecule has 0 aliphatic carbocycles. The molecule has 3 rings (SSSR count). The minimum absolute atomic E-state index is 0.219. The summed E-state index contributed by atoms with van der Waals surface area (Å²) < 4.78 is 0.945. The summed E-state index contributed by atoms with van der Waals surface area (Å²) in [5.41, 5.74) is 1.28. The number of likely N-dealkylation sites (tertiary alicyclic amines) is 1. The Morgan fingerprint density at radius 2 is 2.12 bits per heavy atom. The molecule has 0 aromatic heterocycles. The van der Waals surface area contributed by atoms with E-state index >= 15 is 0 Å². The lowest BCUT2D eigenvalue weighted by molar-refractivity contribution is 0.0745. The van der Waals surface area contributed by atoms with Gasteiger partial charge >= 0.3 is 0 Å². The van der Waals surface area contributed by atoms with Crippen LogP contribution >= 0.6 is 27.5 Å². The summed E-state index contributed by atoms with van der Waals surface area (Å²) in [4.78, 5) is 7.74. The average molecular weight is 316 g/mol.